The Hall–Kier alpha value is -2.41. The molecule has 4 aliphatic carbocycles. The van der Waals surface area contributed by atoms with Gasteiger partial charge in [0.1, 0.15) is 11.6 Å². The van der Waals surface area contributed by atoms with Gasteiger partial charge < -0.3 is 10.2 Å². The molecular formula is C30H40O7. The number of carboxylic acid groups (broad SMARTS) is 1. The van der Waals surface area contributed by atoms with Gasteiger partial charge in [-0.05, 0) is 43.3 Å². The van der Waals surface area contributed by atoms with E-state index in [1.54, 1.807) is 6.08 Å². The largest absolute Gasteiger partial charge is 0.481 e. The molecule has 0 aliphatic heterocycles. The van der Waals surface area contributed by atoms with Crippen molar-refractivity contribution in [1.82, 2.24) is 0 Å². The standard InChI is InChI=1S/C30H40O7/c1-15(10-17(31)11-16(2)26(36)37)18-12-23(35)30(7)25-19(32)13-21-27(3,4)22(34)8-9-28(21,5)24(25)20(33)14-29(18,30)6/h12,15-16,19,21,32H,8-11,13-14H2,1-7H3,(H,36,37). The molecule has 1 saturated carbocycles. The van der Waals surface area contributed by atoms with Crippen LogP contribution in [0.15, 0.2) is 22.8 Å². The summed E-state index contributed by atoms with van der Waals surface area (Å²) in [6.07, 6.45) is 1.83. The molecule has 4 rings (SSSR count). The minimum atomic E-state index is -1.13. The Morgan fingerprint density at radius 2 is 1.68 bits per heavy atom. The molecule has 7 unspecified atom stereocenters. The van der Waals surface area contributed by atoms with Gasteiger partial charge >= 0.3 is 5.97 Å². The number of aliphatic hydroxyl groups excluding tert-OH is 1. The molecule has 7 heteroatoms. The van der Waals surface area contributed by atoms with Crippen LogP contribution in [0.3, 0.4) is 0 Å². The molecule has 0 aromatic heterocycles. The van der Waals surface area contributed by atoms with E-state index in [1.165, 1.54) is 6.92 Å². The zero-order chi connectivity index (χ0) is 27.9. The molecule has 0 spiro atoms. The van der Waals surface area contributed by atoms with Gasteiger partial charge in [-0.15, -0.1) is 0 Å². The van der Waals surface area contributed by atoms with E-state index in [1.807, 2.05) is 41.5 Å². The number of aliphatic hydroxyl groups is 1. The minimum Gasteiger partial charge on any atom is -0.481 e. The molecule has 7 atom stereocenters. The van der Waals surface area contributed by atoms with E-state index in [4.69, 9.17) is 5.11 Å². The number of aliphatic carboxylic acids is 1. The van der Waals surface area contributed by atoms with Crippen LogP contribution in [-0.4, -0.2) is 45.4 Å². The molecule has 0 saturated heterocycles. The van der Waals surface area contributed by atoms with Crippen LogP contribution in [0.5, 0.6) is 0 Å². The predicted octanol–water partition coefficient (Wildman–Crippen LogP) is 4.26. The topological polar surface area (TPSA) is 126 Å². The van der Waals surface area contributed by atoms with Gasteiger partial charge in [-0.25, -0.2) is 0 Å². The fourth-order valence-electron chi connectivity index (χ4n) is 8.36. The van der Waals surface area contributed by atoms with Crippen molar-refractivity contribution in [1.29, 1.82) is 0 Å². The average molecular weight is 513 g/mol. The van der Waals surface area contributed by atoms with Gasteiger partial charge in [-0.3, -0.25) is 24.0 Å². The molecule has 0 bridgehead atoms. The summed E-state index contributed by atoms with van der Waals surface area (Å²) in [5.74, 6) is -2.70. The molecule has 7 nitrogen and oxygen atoms in total. The Morgan fingerprint density at radius 1 is 1.05 bits per heavy atom. The fraction of sp³-hybridized carbons (Fsp3) is 0.700. The van der Waals surface area contributed by atoms with Gasteiger partial charge in [0, 0.05) is 47.5 Å². The van der Waals surface area contributed by atoms with Crippen LogP contribution in [0.25, 0.3) is 0 Å². The summed E-state index contributed by atoms with van der Waals surface area (Å²) in [5, 5.41) is 20.7. The molecule has 4 aliphatic rings. The van der Waals surface area contributed by atoms with E-state index in [2.05, 4.69) is 0 Å². The van der Waals surface area contributed by atoms with Crippen LogP contribution in [0.1, 0.15) is 87.0 Å². The molecule has 0 heterocycles. The summed E-state index contributed by atoms with van der Waals surface area (Å²) in [4.78, 5) is 64.5. The number of rotatable bonds is 6. The van der Waals surface area contributed by atoms with Crippen LogP contribution < -0.4 is 0 Å². The van der Waals surface area contributed by atoms with Gasteiger partial charge in [0.05, 0.1) is 17.4 Å². The molecule has 0 aromatic rings. The lowest BCUT2D eigenvalue weighted by Crippen LogP contribution is -2.59. The van der Waals surface area contributed by atoms with Gasteiger partial charge in [0.25, 0.3) is 0 Å². The summed E-state index contributed by atoms with van der Waals surface area (Å²) in [6, 6.07) is 0. The van der Waals surface area contributed by atoms with Crippen LogP contribution in [-0.2, 0) is 24.0 Å². The molecule has 0 amide bonds. The Labute approximate surface area is 218 Å². The van der Waals surface area contributed by atoms with Crippen LogP contribution >= 0.6 is 0 Å². The second-order valence-corrected chi connectivity index (χ2v) is 13.3. The Bertz CT molecular complexity index is 1170. The monoisotopic (exact) mass is 512 g/mol. The maximum absolute atomic E-state index is 14.0. The first-order valence-electron chi connectivity index (χ1n) is 13.4. The third-order valence-electron chi connectivity index (χ3n) is 10.7. The van der Waals surface area contributed by atoms with Crippen LogP contribution in [0.2, 0.25) is 0 Å². The van der Waals surface area contributed by atoms with Gasteiger partial charge in [0.2, 0.25) is 0 Å². The summed E-state index contributed by atoms with van der Waals surface area (Å²) >= 11 is 0. The minimum absolute atomic E-state index is 0.0845. The number of hydrogen-bond acceptors (Lipinski definition) is 6. The highest BCUT2D eigenvalue weighted by Crippen LogP contribution is 2.69. The van der Waals surface area contributed by atoms with E-state index in [0.717, 1.165) is 5.57 Å². The first kappa shape index (κ1) is 27.6. The first-order chi connectivity index (χ1) is 16.9. The fourth-order valence-corrected chi connectivity index (χ4v) is 8.36. The van der Waals surface area contributed by atoms with Gasteiger partial charge in [0.15, 0.2) is 11.6 Å². The molecule has 0 aromatic carbocycles. The highest BCUT2D eigenvalue weighted by Gasteiger charge is 2.68. The van der Waals surface area contributed by atoms with Crippen LogP contribution in [0.4, 0.5) is 0 Å². The maximum atomic E-state index is 14.0. The average Bonchev–Trinajstić information content (AvgIpc) is 2.99. The smallest absolute Gasteiger partial charge is 0.306 e. The number of hydrogen-bond donors (Lipinski definition) is 2. The number of carbonyl (C=O) groups is 5. The lowest BCUT2D eigenvalue weighted by atomic mass is 9.42. The van der Waals surface area contributed by atoms with E-state index >= 15 is 0 Å². The number of ketones is 4. The molecule has 1 fully saturated rings. The van der Waals surface area contributed by atoms with E-state index < -0.39 is 39.7 Å². The zero-order valence-electron chi connectivity index (χ0n) is 23.1. The van der Waals surface area contributed by atoms with E-state index in [-0.39, 0.29) is 54.2 Å². The van der Waals surface area contributed by atoms with Crippen molar-refractivity contribution in [3.05, 3.63) is 22.8 Å². The Kier molecular flexibility index (Phi) is 6.38. The van der Waals surface area contributed by atoms with Crippen molar-refractivity contribution in [2.45, 2.75) is 93.1 Å². The zero-order valence-corrected chi connectivity index (χ0v) is 23.1. The number of allylic oxidation sites excluding steroid dienone is 3. The number of carboxylic acids is 1. The molecular weight excluding hydrogens is 472 g/mol. The predicted molar refractivity (Wildman–Crippen MR) is 136 cm³/mol. The normalized spacial score (nSPS) is 38.4. The first-order valence-corrected chi connectivity index (χ1v) is 13.4. The third-order valence-corrected chi connectivity index (χ3v) is 10.7. The Morgan fingerprint density at radius 3 is 2.27 bits per heavy atom. The van der Waals surface area contributed by atoms with Crippen molar-refractivity contribution >= 4 is 29.1 Å². The lowest BCUT2D eigenvalue weighted by molar-refractivity contribution is -0.145. The van der Waals surface area contributed by atoms with Crippen molar-refractivity contribution in [3.8, 4) is 0 Å². The molecule has 2 N–H and O–H groups in total. The van der Waals surface area contributed by atoms with Crippen molar-refractivity contribution in [2.75, 3.05) is 0 Å². The van der Waals surface area contributed by atoms with Crippen molar-refractivity contribution < 1.29 is 34.2 Å². The summed E-state index contributed by atoms with van der Waals surface area (Å²) < 4.78 is 0. The van der Waals surface area contributed by atoms with Gasteiger partial charge in [-0.2, -0.15) is 0 Å². The summed E-state index contributed by atoms with van der Waals surface area (Å²) in [6.45, 7) is 12.9. The number of fused-ring (bicyclic) bond motifs is 4. The summed E-state index contributed by atoms with van der Waals surface area (Å²) in [5.41, 5.74) is -1.55. The lowest BCUT2D eigenvalue weighted by Gasteiger charge is -2.60. The third kappa shape index (κ3) is 3.67. The second-order valence-electron chi connectivity index (χ2n) is 13.3. The van der Waals surface area contributed by atoms with E-state index in [9.17, 15) is 29.1 Å². The highest BCUT2D eigenvalue weighted by atomic mass is 16.4. The SMILES string of the molecule is CC(CC(=O)CC(C)C1=CC(=O)C2(C)C3=C(C(=O)CC12C)C1(C)CCC(=O)C(C)(C)C1CC3O)C(=O)O. The molecule has 0 radical (unpaired) electrons. The maximum Gasteiger partial charge on any atom is 0.306 e. The van der Waals surface area contributed by atoms with Crippen LogP contribution in [0, 0.1) is 39.4 Å². The number of carbonyl (C=O) groups excluding carboxylic acids is 4. The van der Waals surface area contributed by atoms with Crippen molar-refractivity contribution in [2.24, 2.45) is 39.4 Å². The number of Topliss-reactive ketones (excluding diaryl/α,β-unsaturated/α-hetero) is 3. The summed E-state index contributed by atoms with van der Waals surface area (Å²) in [7, 11) is 0. The highest BCUT2D eigenvalue weighted by molar-refractivity contribution is 6.10. The Balaban J connectivity index is 1.76. The van der Waals surface area contributed by atoms with Crippen molar-refractivity contribution in [3.63, 3.8) is 0 Å². The van der Waals surface area contributed by atoms with Gasteiger partial charge in [-0.1, -0.05) is 47.1 Å². The van der Waals surface area contributed by atoms with E-state index in [0.29, 0.717) is 30.4 Å². The quantitative estimate of drug-likeness (QED) is 0.545. The second kappa shape index (κ2) is 8.55. The molecule has 37 heavy (non-hydrogen) atoms. The molecule has 202 valence electrons.